The average Bonchev–Trinajstić information content (AvgIpc) is 3.40. The summed E-state index contributed by atoms with van der Waals surface area (Å²) in [5, 5.41) is 1.71. The molecule has 4 rings (SSSR count). The lowest BCUT2D eigenvalue weighted by Crippen LogP contribution is -2.30. The summed E-state index contributed by atoms with van der Waals surface area (Å²) in [6.07, 6.45) is 9.77. The van der Waals surface area contributed by atoms with Crippen molar-refractivity contribution in [2.45, 2.75) is 12.1 Å². The predicted molar refractivity (Wildman–Crippen MR) is 119 cm³/mol. The van der Waals surface area contributed by atoms with Crippen LogP contribution in [0.4, 0.5) is 0 Å². The molecule has 0 bridgehead atoms. The van der Waals surface area contributed by atoms with Crippen molar-refractivity contribution in [2.75, 3.05) is 0 Å². The van der Waals surface area contributed by atoms with Crippen molar-refractivity contribution in [3.8, 4) is 0 Å². The molecule has 0 saturated heterocycles. The van der Waals surface area contributed by atoms with E-state index in [9.17, 15) is 4.79 Å². The van der Waals surface area contributed by atoms with Crippen LogP contribution in [-0.2, 0) is 4.79 Å². The molecular formula is C21H14Cl4N4O. The van der Waals surface area contributed by atoms with Crippen molar-refractivity contribution < 1.29 is 4.79 Å². The van der Waals surface area contributed by atoms with Gasteiger partial charge in [-0.1, -0.05) is 58.5 Å². The molecule has 152 valence electrons. The molecule has 0 aliphatic carbocycles. The van der Waals surface area contributed by atoms with Crippen LogP contribution in [0.25, 0.3) is 0 Å². The van der Waals surface area contributed by atoms with E-state index in [1.807, 2.05) is 0 Å². The summed E-state index contributed by atoms with van der Waals surface area (Å²) in [6, 6.07) is 8.55. The van der Waals surface area contributed by atoms with Crippen molar-refractivity contribution >= 4 is 52.2 Å². The van der Waals surface area contributed by atoms with E-state index in [1.165, 1.54) is 0 Å². The topological polar surface area (TPSA) is 52.7 Å². The lowest BCUT2D eigenvalue weighted by molar-refractivity contribution is -0.123. The van der Waals surface area contributed by atoms with Gasteiger partial charge in [0.15, 0.2) is 5.78 Å². The summed E-state index contributed by atoms with van der Waals surface area (Å²) in [6.45, 7) is 0. The highest BCUT2D eigenvalue weighted by Gasteiger charge is 2.34. The van der Waals surface area contributed by atoms with Gasteiger partial charge in [0.2, 0.25) is 0 Å². The van der Waals surface area contributed by atoms with Crippen molar-refractivity contribution in [2.24, 2.45) is 0 Å². The Bertz CT molecular complexity index is 1080. The molecule has 0 aliphatic heterocycles. The second-order valence-corrected chi connectivity index (χ2v) is 8.25. The van der Waals surface area contributed by atoms with Crippen LogP contribution in [0, 0.1) is 0 Å². The van der Waals surface area contributed by atoms with Gasteiger partial charge < -0.3 is 9.13 Å². The predicted octanol–water partition coefficient (Wildman–Crippen LogP) is 6.14. The lowest BCUT2D eigenvalue weighted by Gasteiger charge is -2.26. The Morgan fingerprint density at radius 1 is 0.733 bits per heavy atom. The Balaban J connectivity index is 1.89. The molecule has 2 aromatic heterocycles. The first-order valence-corrected chi connectivity index (χ1v) is 10.4. The highest BCUT2D eigenvalue weighted by atomic mass is 35.5. The second kappa shape index (κ2) is 8.82. The zero-order valence-corrected chi connectivity index (χ0v) is 18.3. The van der Waals surface area contributed by atoms with Gasteiger partial charge in [0.1, 0.15) is 12.1 Å². The highest BCUT2D eigenvalue weighted by Crippen LogP contribution is 2.36. The van der Waals surface area contributed by atoms with Crippen LogP contribution in [0.3, 0.4) is 0 Å². The summed E-state index contributed by atoms with van der Waals surface area (Å²) < 4.78 is 3.40. The van der Waals surface area contributed by atoms with Crippen LogP contribution < -0.4 is 0 Å². The molecule has 2 heterocycles. The number of ketones is 1. The summed E-state index contributed by atoms with van der Waals surface area (Å²) in [4.78, 5) is 22.2. The molecule has 0 spiro atoms. The number of benzene rings is 2. The fourth-order valence-electron chi connectivity index (χ4n) is 3.36. The zero-order valence-electron chi connectivity index (χ0n) is 15.3. The smallest absolute Gasteiger partial charge is 0.187 e. The monoisotopic (exact) mass is 478 g/mol. The van der Waals surface area contributed by atoms with Gasteiger partial charge in [0, 0.05) is 56.0 Å². The first-order chi connectivity index (χ1) is 14.5. The van der Waals surface area contributed by atoms with Crippen LogP contribution >= 0.6 is 46.4 Å². The minimum atomic E-state index is -0.767. The third-order valence-electron chi connectivity index (χ3n) is 4.70. The standard InChI is InChI=1S/C21H14Cl4N4O/c22-13-1-3-15(17(24)9-13)19(28-7-5-26-11-28)21(30)20(29-8-6-27-12-29)16-4-2-14(23)10-18(16)25/h1-12,19-20H. The number of hydrogen-bond donors (Lipinski definition) is 0. The van der Waals surface area contributed by atoms with Gasteiger partial charge in [-0.2, -0.15) is 0 Å². The average molecular weight is 480 g/mol. The molecule has 2 unspecified atom stereocenters. The number of Topliss-reactive ketones (excluding diaryl/α,β-unsaturated/α-hetero) is 1. The van der Waals surface area contributed by atoms with Gasteiger partial charge in [-0.25, -0.2) is 9.97 Å². The van der Waals surface area contributed by atoms with Gasteiger partial charge in [0.25, 0.3) is 0 Å². The van der Waals surface area contributed by atoms with Gasteiger partial charge in [-0.3, -0.25) is 4.79 Å². The minimum Gasteiger partial charge on any atom is -0.323 e. The Morgan fingerprint density at radius 3 is 1.50 bits per heavy atom. The van der Waals surface area contributed by atoms with Crippen LogP contribution in [0.1, 0.15) is 23.2 Å². The molecular weight excluding hydrogens is 466 g/mol. The fourth-order valence-corrected chi connectivity index (χ4v) is 4.39. The van der Waals surface area contributed by atoms with Crippen molar-refractivity contribution in [3.63, 3.8) is 0 Å². The van der Waals surface area contributed by atoms with E-state index in [0.29, 0.717) is 31.2 Å². The van der Waals surface area contributed by atoms with Crippen LogP contribution in [0.15, 0.2) is 73.8 Å². The normalized spacial score (nSPS) is 13.2. The molecule has 0 radical (unpaired) electrons. The quantitative estimate of drug-likeness (QED) is 0.333. The largest absolute Gasteiger partial charge is 0.323 e. The Hall–Kier alpha value is -2.31. The molecule has 30 heavy (non-hydrogen) atoms. The minimum absolute atomic E-state index is 0.181. The second-order valence-electron chi connectivity index (χ2n) is 6.56. The van der Waals surface area contributed by atoms with E-state index < -0.39 is 12.1 Å². The molecule has 4 aromatic rings. The van der Waals surface area contributed by atoms with Crippen molar-refractivity contribution in [1.29, 1.82) is 0 Å². The number of imidazole rings is 2. The maximum Gasteiger partial charge on any atom is 0.187 e. The molecule has 0 amide bonds. The third-order valence-corrected chi connectivity index (χ3v) is 5.82. The van der Waals surface area contributed by atoms with Crippen LogP contribution in [0.2, 0.25) is 20.1 Å². The zero-order chi connectivity index (χ0) is 21.3. The molecule has 2 atom stereocenters. The van der Waals surface area contributed by atoms with Crippen LogP contribution in [0.5, 0.6) is 0 Å². The number of hydrogen-bond acceptors (Lipinski definition) is 3. The number of aromatic nitrogens is 4. The van der Waals surface area contributed by atoms with E-state index >= 15 is 0 Å². The number of nitrogens with zero attached hydrogens (tertiary/aromatic N) is 4. The van der Waals surface area contributed by atoms with E-state index in [1.54, 1.807) is 83.0 Å². The van der Waals surface area contributed by atoms with Crippen molar-refractivity contribution in [3.05, 3.63) is 105 Å². The summed E-state index contributed by atoms with van der Waals surface area (Å²) >= 11 is 25.1. The number of rotatable bonds is 6. The first kappa shape index (κ1) is 20.9. The SMILES string of the molecule is O=C(C(c1ccc(Cl)cc1Cl)n1ccnc1)C(c1ccc(Cl)cc1Cl)n1ccnc1. The molecule has 0 saturated carbocycles. The maximum atomic E-state index is 14.0. The Labute approximate surface area is 192 Å². The molecule has 2 aromatic carbocycles. The molecule has 0 aliphatic rings. The lowest BCUT2D eigenvalue weighted by atomic mass is 9.92. The van der Waals surface area contributed by atoms with E-state index in [0.717, 1.165) is 0 Å². The molecule has 0 fully saturated rings. The van der Waals surface area contributed by atoms with Crippen molar-refractivity contribution in [1.82, 2.24) is 19.1 Å². The highest BCUT2D eigenvalue weighted by molar-refractivity contribution is 6.36. The summed E-state index contributed by atoms with van der Waals surface area (Å²) in [5.41, 5.74) is 1.19. The summed E-state index contributed by atoms with van der Waals surface area (Å²) in [7, 11) is 0. The number of halogens is 4. The number of carbonyl (C=O) groups excluding carboxylic acids is 1. The third kappa shape index (κ3) is 4.12. The maximum absolute atomic E-state index is 14.0. The van der Waals surface area contributed by atoms with E-state index in [4.69, 9.17) is 46.4 Å². The van der Waals surface area contributed by atoms with Gasteiger partial charge in [-0.05, 0) is 24.3 Å². The van der Waals surface area contributed by atoms with Gasteiger partial charge in [0.05, 0.1) is 12.7 Å². The van der Waals surface area contributed by atoms with Gasteiger partial charge in [-0.15, -0.1) is 0 Å². The fraction of sp³-hybridized carbons (Fsp3) is 0.0952. The molecule has 9 heteroatoms. The van der Waals surface area contributed by atoms with Crippen LogP contribution in [-0.4, -0.2) is 24.9 Å². The summed E-state index contributed by atoms with van der Waals surface area (Å²) in [5.74, 6) is -0.181. The number of carbonyl (C=O) groups is 1. The van der Waals surface area contributed by atoms with Gasteiger partial charge >= 0.3 is 0 Å². The Kier molecular flexibility index (Phi) is 6.16. The first-order valence-electron chi connectivity index (χ1n) is 8.84. The van der Waals surface area contributed by atoms with E-state index in [-0.39, 0.29) is 5.78 Å². The molecule has 5 nitrogen and oxygen atoms in total. The Morgan fingerprint density at radius 2 is 1.17 bits per heavy atom. The molecule has 0 N–H and O–H groups in total. The van der Waals surface area contributed by atoms with E-state index in [2.05, 4.69) is 9.97 Å².